The Labute approximate surface area is 109 Å². The quantitative estimate of drug-likeness (QED) is 0.678. The SMILES string of the molecule is Cc1ccncc1CNc1ccc([N+](=O)[O-])c(F)c1. The second kappa shape index (κ2) is 5.43. The van der Waals surface area contributed by atoms with Gasteiger partial charge in [0.1, 0.15) is 0 Å². The third kappa shape index (κ3) is 3.04. The molecule has 1 aromatic carbocycles. The summed E-state index contributed by atoms with van der Waals surface area (Å²) in [4.78, 5) is 13.8. The highest BCUT2D eigenvalue weighted by Crippen LogP contribution is 2.21. The van der Waals surface area contributed by atoms with E-state index in [0.29, 0.717) is 12.2 Å². The van der Waals surface area contributed by atoms with E-state index in [2.05, 4.69) is 10.3 Å². The standard InChI is InChI=1S/C13H12FN3O2/c1-9-4-5-15-7-10(9)8-16-11-2-3-13(17(18)19)12(14)6-11/h2-7,16H,8H2,1H3. The van der Waals surface area contributed by atoms with Crippen LogP contribution in [0.15, 0.2) is 36.7 Å². The fraction of sp³-hybridized carbons (Fsp3) is 0.154. The average Bonchev–Trinajstić information content (AvgIpc) is 2.37. The average molecular weight is 261 g/mol. The van der Waals surface area contributed by atoms with Crippen molar-refractivity contribution in [3.8, 4) is 0 Å². The van der Waals surface area contributed by atoms with Crippen molar-refractivity contribution in [2.24, 2.45) is 0 Å². The van der Waals surface area contributed by atoms with Gasteiger partial charge < -0.3 is 5.32 Å². The third-order valence-corrected chi connectivity index (χ3v) is 2.77. The van der Waals surface area contributed by atoms with Gasteiger partial charge >= 0.3 is 5.69 Å². The smallest absolute Gasteiger partial charge is 0.304 e. The number of nitro benzene ring substituents is 1. The number of nitrogens with zero attached hydrogens (tertiary/aromatic N) is 2. The summed E-state index contributed by atoms with van der Waals surface area (Å²) < 4.78 is 13.4. The van der Waals surface area contributed by atoms with Crippen molar-refractivity contribution in [3.05, 3.63) is 63.7 Å². The van der Waals surface area contributed by atoms with Crippen LogP contribution in [0.25, 0.3) is 0 Å². The Kier molecular flexibility index (Phi) is 3.70. The maximum Gasteiger partial charge on any atom is 0.304 e. The first-order valence-electron chi connectivity index (χ1n) is 5.65. The van der Waals surface area contributed by atoms with E-state index in [1.165, 1.54) is 6.07 Å². The Morgan fingerprint density at radius 2 is 2.21 bits per heavy atom. The van der Waals surface area contributed by atoms with Crippen LogP contribution in [0.2, 0.25) is 0 Å². The van der Waals surface area contributed by atoms with Crippen molar-refractivity contribution in [2.75, 3.05) is 5.32 Å². The molecule has 0 spiro atoms. The second-order valence-corrected chi connectivity index (χ2v) is 4.08. The number of nitrogens with one attached hydrogen (secondary N) is 1. The lowest BCUT2D eigenvalue weighted by Gasteiger charge is -2.08. The minimum atomic E-state index is -0.849. The molecule has 1 heterocycles. The molecule has 2 rings (SSSR count). The number of anilines is 1. The zero-order chi connectivity index (χ0) is 13.8. The fourth-order valence-corrected chi connectivity index (χ4v) is 1.64. The molecule has 0 atom stereocenters. The van der Waals surface area contributed by atoms with Crippen molar-refractivity contribution >= 4 is 11.4 Å². The molecule has 0 unspecified atom stereocenters. The lowest BCUT2D eigenvalue weighted by Crippen LogP contribution is -2.02. The number of aromatic nitrogens is 1. The van der Waals surface area contributed by atoms with Crippen LogP contribution in [0.5, 0.6) is 0 Å². The number of pyridine rings is 1. The summed E-state index contributed by atoms with van der Waals surface area (Å²) in [6.07, 6.45) is 3.43. The van der Waals surface area contributed by atoms with Crippen molar-refractivity contribution in [3.63, 3.8) is 0 Å². The Morgan fingerprint density at radius 3 is 2.84 bits per heavy atom. The fourth-order valence-electron chi connectivity index (χ4n) is 1.64. The highest BCUT2D eigenvalue weighted by atomic mass is 19.1. The van der Waals surface area contributed by atoms with E-state index in [9.17, 15) is 14.5 Å². The predicted octanol–water partition coefficient (Wildman–Crippen LogP) is 3.05. The molecule has 0 saturated heterocycles. The van der Waals surface area contributed by atoms with Crippen LogP contribution in [0, 0.1) is 22.9 Å². The molecule has 98 valence electrons. The van der Waals surface area contributed by atoms with E-state index < -0.39 is 16.4 Å². The van der Waals surface area contributed by atoms with Gasteiger partial charge in [-0.25, -0.2) is 0 Å². The minimum absolute atomic E-state index is 0.483. The first-order valence-corrected chi connectivity index (χ1v) is 5.65. The molecule has 0 radical (unpaired) electrons. The summed E-state index contributed by atoms with van der Waals surface area (Å²) in [5.74, 6) is -0.849. The lowest BCUT2D eigenvalue weighted by atomic mass is 10.1. The molecule has 0 aliphatic carbocycles. The largest absolute Gasteiger partial charge is 0.381 e. The van der Waals surface area contributed by atoms with Gasteiger partial charge in [0.2, 0.25) is 5.82 Å². The molecule has 19 heavy (non-hydrogen) atoms. The third-order valence-electron chi connectivity index (χ3n) is 2.77. The topological polar surface area (TPSA) is 68.1 Å². The molecule has 0 saturated carbocycles. The zero-order valence-electron chi connectivity index (χ0n) is 10.3. The number of hydrogen-bond donors (Lipinski definition) is 1. The van der Waals surface area contributed by atoms with Gasteiger partial charge in [-0.2, -0.15) is 4.39 Å². The maximum absolute atomic E-state index is 13.4. The molecular weight excluding hydrogens is 249 g/mol. The van der Waals surface area contributed by atoms with Crippen molar-refractivity contribution in [1.82, 2.24) is 4.98 Å². The van der Waals surface area contributed by atoms with Crippen molar-refractivity contribution in [2.45, 2.75) is 13.5 Å². The Balaban J connectivity index is 2.11. The van der Waals surface area contributed by atoms with Crippen LogP contribution in [-0.4, -0.2) is 9.91 Å². The summed E-state index contributed by atoms with van der Waals surface area (Å²) >= 11 is 0. The summed E-state index contributed by atoms with van der Waals surface area (Å²) in [5, 5.41) is 13.5. The maximum atomic E-state index is 13.4. The minimum Gasteiger partial charge on any atom is -0.381 e. The lowest BCUT2D eigenvalue weighted by molar-refractivity contribution is -0.387. The first kappa shape index (κ1) is 12.9. The Bertz CT molecular complexity index is 617. The van der Waals surface area contributed by atoms with Gasteiger partial charge in [-0.3, -0.25) is 15.1 Å². The summed E-state index contributed by atoms with van der Waals surface area (Å²) in [7, 11) is 0. The predicted molar refractivity (Wildman–Crippen MR) is 69.4 cm³/mol. The monoisotopic (exact) mass is 261 g/mol. The van der Waals surface area contributed by atoms with Crippen LogP contribution in [0.3, 0.4) is 0 Å². The van der Waals surface area contributed by atoms with Gasteiger partial charge in [0.15, 0.2) is 0 Å². The highest BCUT2D eigenvalue weighted by Gasteiger charge is 2.13. The zero-order valence-corrected chi connectivity index (χ0v) is 10.3. The van der Waals surface area contributed by atoms with Gasteiger partial charge in [-0.05, 0) is 30.2 Å². The normalized spacial score (nSPS) is 10.2. The van der Waals surface area contributed by atoms with Crippen LogP contribution in [0.4, 0.5) is 15.8 Å². The van der Waals surface area contributed by atoms with E-state index in [0.717, 1.165) is 23.3 Å². The molecule has 0 amide bonds. The molecule has 1 N–H and O–H groups in total. The number of aryl methyl sites for hydroxylation is 1. The summed E-state index contributed by atoms with van der Waals surface area (Å²) in [6.45, 7) is 2.44. The van der Waals surface area contributed by atoms with Crippen LogP contribution >= 0.6 is 0 Å². The highest BCUT2D eigenvalue weighted by molar-refractivity contribution is 5.50. The van der Waals surface area contributed by atoms with Crippen molar-refractivity contribution < 1.29 is 9.31 Å². The van der Waals surface area contributed by atoms with E-state index in [4.69, 9.17) is 0 Å². The molecule has 0 aliphatic rings. The molecule has 2 aromatic rings. The number of benzene rings is 1. The molecule has 0 fully saturated rings. The van der Waals surface area contributed by atoms with E-state index in [1.807, 2.05) is 13.0 Å². The number of nitro groups is 1. The van der Waals surface area contributed by atoms with Gasteiger partial charge in [0.05, 0.1) is 4.92 Å². The number of rotatable bonds is 4. The first-order chi connectivity index (χ1) is 9.08. The van der Waals surface area contributed by atoms with E-state index >= 15 is 0 Å². The molecule has 5 nitrogen and oxygen atoms in total. The van der Waals surface area contributed by atoms with E-state index in [1.54, 1.807) is 12.4 Å². The molecule has 0 bridgehead atoms. The Hall–Kier alpha value is -2.50. The number of hydrogen-bond acceptors (Lipinski definition) is 4. The molecule has 6 heteroatoms. The summed E-state index contributed by atoms with van der Waals surface area (Å²) in [5.41, 5.74) is 2.03. The van der Waals surface area contributed by atoms with Gasteiger partial charge in [-0.1, -0.05) is 0 Å². The summed E-state index contributed by atoms with van der Waals surface area (Å²) in [6, 6.07) is 5.62. The van der Waals surface area contributed by atoms with Crippen LogP contribution in [0.1, 0.15) is 11.1 Å². The van der Waals surface area contributed by atoms with Gasteiger partial charge in [0.25, 0.3) is 0 Å². The molecule has 0 aliphatic heterocycles. The van der Waals surface area contributed by atoms with Crippen molar-refractivity contribution in [1.29, 1.82) is 0 Å². The Morgan fingerprint density at radius 1 is 1.42 bits per heavy atom. The van der Waals surface area contributed by atoms with Crippen LogP contribution in [-0.2, 0) is 6.54 Å². The van der Waals surface area contributed by atoms with Crippen LogP contribution < -0.4 is 5.32 Å². The van der Waals surface area contributed by atoms with E-state index in [-0.39, 0.29) is 0 Å². The van der Waals surface area contributed by atoms with Gasteiger partial charge in [-0.15, -0.1) is 0 Å². The second-order valence-electron chi connectivity index (χ2n) is 4.08. The van der Waals surface area contributed by atoms with Gasteiger partial charge in [0, 0.05) is 36.8 Å². The molecule has 1 aromatic heterocycles. The number of halogens is 1. The molecular formula is C13H12FN3O2.